The lowest BCUT2D eigenvalue weighted by atomic mass is 10.2. The van der Waals surface area contributed by atoms with Gasteiger partial charge in [-0.25, -0.2) is 18.5 Å². The molecule has 2 N–H and O–H groups in total. The third-order valence-electron chi connectivity index (χ3n) is 3.46. The minimum absolute atomic E-state index is 0.0220. The maximum atomic E-state index is 13.2. The minimum atomic E-state index is -4.87. The minimum Gasteiger partial charge on any atom is -0.494 e. The number of methoxy groups -OCH3 is 1. The summed E-state index contributed by atoms with van der Waals surface area (Å²) in [6, 6.07) is 4.58. The van der Waals surface area contributed by atoms with Crippen LogP contribution in [0.5, 0.6) is 5.75 Å². The second kappa shape index (κ2) is 7.40. The Kier molecular flexibility index (Phi) is 5.42. The van der Waals surface area contributed by atoms with E-state index in [9.17, 15) is 21.6 Å². The van der Waals surface area contributed by atoms with E-state index >= 15 is 0 Å². The van der Waals surface area contributed by atoms with E-state index in [2.05, 4.69) is 20.3 Å². The molecule has 154 valence electrons. The number of sulfonamides is 1. The Balaban J connectivity index is 2.22. The quantitative estimate of drug-likeness (QED) is 0.623. The lowest BCUT2D eigenvalue weighted by molar-refractivity contribution is -0.144. The molecule has 2 heterocycles. The lowest BCUT2D eigenvalue weighted by Gasteiger charge is -2.09. The van der Waals surface area contributed by atoms with E-state index in [0.29, 0.717) is 0 Å². The number of hydrogen-bond acceptors (Lipinski definition) is 7. The highest BCUT2D eigenvalue weighted by atomic mass is 35.5. The van der Waals surface area contributed by atoms with Crippen molar-refractivity contribution < 1.29 is 26.3 Å². The third kappa shape index (κ3) is 4.27. The summed E-state index contributed by atoms with van der Waals surface area (Å²) in [5, 5.41) is 14.8. The van der Waals surface area contributed by atoms with Crippen LogP contribution in [0.25, 0.3) is 17.2 Å². The van der Waals surface area contributed by atoms with Crippen LogP contribution in [0.15, 0.2) is 29.3 Å². The molecule has 0 amide bonds. The molecule has 2 aromatic heterocycles. The van der Waals surface area contributed by atoms with Gasteiger partial charge in [-0.3, -0.25) is 0 Å². The number of alkyl halides is 3. The van der Waals surface area contributed by atoms with Gasteiger partial charge in [-0.15, -0.1) is 15.3 Å². The molecule has 29 heavy (non-hydrogen) atoms. The summed E-state index contributed by atoms with van der Waals surface area (Å²) in [5.74, 6) is -1.91. The smallest absolute Gasteiger partial charge is 0.453 e. The maximum Gasteiger partial charge on any atom is 0.453 e. The molecule has 1 aromatic carbocycles. The molecule has 0 aliphatic carbocycles. The maximum absolute atomic E-state index is 13.2. The third-order valence-corrected chi connectivity index (χ3v) is 4.82. The molecule has 3 rings (SSSR count). The number of rotatable bonds is 4. The van der Waals surface area contributed by atoms with Crippen LogP contribution in [-0.2, 0) is 16.2 Å². The predicted molar refractivity (Wildman–Crippen MR) is 95.3 cm³/mol. The number of hydrogen-bond donors (Lipinski definition) is 1. The number of ether oxygens (including phenoxy) is 1. The van der Waals surface area contributed by atoms with E-state index in [0.717, 1.165) is 16.8 Å². The average molecular weight is 469 g/mol. The Morgan fingerprint density at radius 3 is 2.21 bits per heavy atom. The Bertz CT molecular complexity index is 1160. The highest BCUT2D eigenvalue weighted by Crippen LogP contribution is 2.38. The molecule has 15 heteroatoms. The molecule has 0 aliphatic rings. The van der Waals surface area contributed by atoms with E-state index in [-0.39, 0.29) is 33.0 Å². The summed E-state index contributed by atoms with van der Waals surface area (Å²) < 4.78 is 67.8. The molecule has 0 saturated carbocycles. The van der Waals surface area contributed by atoms with Crippen LogP contribution in [0.2, 0.25) is 10.0 Å². The fourth-order valence-corrected chi connectivity index (χ4v) is 3.29. The van der Waals surface area contributed by atoms with Crippen LogP contribution >= 0.6 is 23.2 Å². The highest BCUT2D eigenvalue weighted by Gasteiger charge is 2.38. The summed E-state index contributed by atoms with van der Waals surface area (Å²) >= 11 is 12.1. The summed E-state index contributed by atoms with van der Waals surface area (Å²) in [7, 11) is -2.83. The SMILES string of the molecule is COc1c(Cl)cc(-c2nc(C(F)(F)F)nn2-c2ccc(S(N)(=O)=O)nn2)cc1Cl. The Hall–Kier alpha value is -2.48. The van der Waals surface area contributed by atoms with E-state index in [1.807, 2.05) is 0 Å². The van der Waals surface area contributed by atoms with Crippen molar-refractivity contribution in [3.8, 4) is 23.0 Å². The fourth-order valence-electron chi connectivity index (χ4n) is 2.24. The van der Waals surface area contributed by atoms with Crippen LogP contribution in [0, 0.1) is 0 Å². The first-order valence-corrected chi connectivity index (χ1v) is 9.66. The number of aromatic nitrogens is 5. The zero-order chi connectivity index (χ0) is 21.6. The molecule has 3 aromatic rings. The van der Waals surface area contributed by atoms with E-state index in [1.54, 1.807) is 0 Å². The number of nitrogens with zero attached hydrogens (tertiary/aromatic N) is 5. The average Bonchev–Trinajstić information content (AvgIpc) is 3.06. The van der Waals surface area contributed by atoms with Gasteiger partial charge in [0.05, 0.1) is 17.2 Å². The number of benzene rings is 1. The molecular formula is C14H9Cl2F3N6O3S. The zero-order valence-corrected chi connectivity index (χ0v) is 16.5. The summed E-state index contributed by atoms with van der Waals surface area (Å²) in [6.07, 6.45) is -4.87. The molecule has 0 spiro atoms. The molecule has 9 nitrogen and oxygen atoms in total. The normalized spacial score (nSPS) is 12.2. The van der Waals surface area contributed by atoms with Gasteiger partial charge in [0.25, 0.3) is 15.8 Å². The van der Waals surface area contributed by atoms with E-state index < -0.39 is 27.0 Å². The number of nitrogens with two attached hydrogens (primary N) is 1. The first-order chi connectivity index (χ1) is 13.4. The summed E-state index contributed by atoms with van der Waals surface area (Å²) in [4.78, 5) is 3.50. The Labute approximate surface area is 171 Å². The van der Waals surface area contributed by atoms with Gasteiger partial charge in [0.1, 0.15) is 0 Å². The van der Waals surface area contributed by atoms with Gasteiger partial charge < -0.3 is 4.74 Å². The molecule has 0 saturated heterocycles. The first-order valence-electron chi connectivity index (χ1n) is 7.36. The topological polar surface area (TPSA) is 126 Å². The van der Waals surface area contributed by atoms with E-state index in [1.165, 1.54) is 19.2 Å². The van der Waals surface area contributed by atoms with Crippen molar-refractivity contribution in [1.82, 2.24) is 25.0 Å². The highest BCUT2D eigenvalue weighted by molar-refractivity contribution is 7.89. The molecule has 0 unspecified atom stereocenters. The zero-order valence-electron chi connectivity index (χ0n) is 14.1. The van der Waals surface area contributed by atoms with Gasteiger partial charge in [0, 0.05) is 5.56 Å². The van der Waals surface area contributed by atoms with Crippen molar-refractivity contribution in [3.05, 3.63) is 40.1 Å². The van der Waals surface area contributed by atoms with Gasteiger partial charge >= 0.3 is 6.18 Å². The lowest BCUT2D eigenvalue weighted by Crippen LogP contribution is -2.15. The molecule has 0 atom stereocenters. The van der Waals surface area contributed by atoms with Gasteiger partial charge in [-0.2, -0.15) is 17.9 Å². The second-order valence-electron chi connectivity index (χ2n) is 5.42. The molecular weight excluding hydrogens is 460 g/mol. The van der Waals surface area contributed by atoms with E-state index in [4.69, 9.17) is 33.1 Å². The standard InChI is InChI=1S/C14H9Cl2F3N6O3S/c1-28-11-7(15)4-6(5-8(11)16)12-21-13(14(17,18)19)24-25(12)9-2-3-10(23-22-9)29(20,26)27/h2-5H,1H3,(H2,20,26,27). The Morgan fingerprint density at radius 2 is 1.76 bits per heavy atom. The predicted octanol–water partition coefficient (Wildman–Crippen LogP) is 2.71. The van der Waals surface area contributed by atoms with Crippen molar-refractivity contribution in [1.29, 1.82) is 0 Å². The largest absolute Gasteiger partial charge is 0.494 e. The molecule has 0 fully saturated rings. The summed E-state index contributed by atoms with van der Waals surface area (Å²) in [6.45, 7) is 0. The summed E-state index contributed by atoms with van der Waals surface area (Å²) in [5.41, 5.74) is 0.0705. The number of primary sulfonamides is 1. The van der Waals surface area contributed by atoms with Crippen molar-refractivity contribution in [2.75, 3.05) is 7.11 Å². The molecule has 0 bridgehead atoms. The van der Waals surface area contributed by atoms with Gasteiger partial charge in [0.15, 0.2) is 22.4 Å². The van der Waals surface area contributed by atoms with Crippen LogP contribution < -0.4 is 9.88 Å². The number of halogens is 5. The van der Waals surface area contributed by atoms with Crippen molar-refractivity contribution in [2.24, 2.45) is 5.14 Å². The van der Waals surface area contributed by atoms with Crippen LogP contribution in [0.4, 0.5) is 13.2 Å². The van der Waals surface area contributed by atoms with Gasteiger partial charge in [-0.05, 0) is 24.3 Å². The first kappa shape index (κ1) is 21.2. The monoisotopic (exact) mass is 468 g/mol. The van der Waals surface area contributed by atoms with Crippen LogP contribution in [0.1, 0.15) is 5.82 Å². The van der Waals surface area contributed by atoms with Crippen molar-refractivity contribution in [2.45, 2.75) is 11.2 Å². The Morgan fingerprint density at radius 1 is 1.14 bits per heavy atom. The van der Waals surface area contributed by atoms with Crippen LogP contribution in [-0.4, -0.2) is 40.5 Å². The van der Waals surface area contributed by atoms with Gasteiger partial charge in [-0.1, -0.05) is 23.2 Å². The second-order valence-corrected chi connectivity index (χ2v) is 7.74. The van der Waals surface area contributed by atoms with Crippen molar-refractivity contribution >= 4 is 33.2 Å². The van der Waals surface area contributed by atoms with Crippen LogP contribution in [0.3, 0.4) is 0 Å². The molecule has 0 aliphatic heterocycles. The van der Waals surface area contributed by atoms with Gasteiger partial charge in [0.2, 0.25) is 0 Å². The fraction of sp³-hybridized carbons (Fsp3) is 0.143. The van der Waals surface area contributed by atoms with Crippen molar-refractivity contribution in [3.63, 3.8) is 0 Å². The molecule has 0 radical (unpaired) electrons.